The molecule has 5 nitrogen and oxygen atoms in total. The summed E-state index contributed by atoms with van der Waals surface area (Å²) in [5, 5.41) is 5.04. The SMILES string of the molecule is NC(=O)NCCNC(=O)C1=CC=CC1. The fourth-order valence-corrected chi connectivity index (χ4v) is 1.09. The molecule has 14 heavy (non-hydrogen) atoms. The van der Waals surface area contributed by atoms with Gasteiger partial charge in [0.15, 0.2) is 0 Å². The molecule has 0 aromatic carbocycles. The zero-order chi connectivity index (χ0) is 10.4. The van der Waals surface area contributed by atoms with E-state index in [-0.39, 0.29) is 5.91 Å². The van der Waals surface area contributed by atoms with Gasteiger partial charge in [0.1, 0.15) is 0 Å². The largest absolute Gasteiger partial charge is 0.352 e. The smallest absolute Gasteiger partial charge is 0.312 e. The number of carbonyl (C=O) groups excluding carboxylic acids is 2. The lowest BCUT2D eigenvalue weighted by Gasteiger charge is -2.05. The second-order valence-corrected chi connectivity index (χ2v) is 2.87. The molecule has 0 spiro atoms. The van der Waals surface area contributed by atoms with Gasteiger partial charge in [-0.2, -0.15) is 0 Å². The van der Waals surface area contributed by atoms with Crippen molar-refractivity contribution in [2.24, 2.45) is 5.73 Å². The molecular weight excluding hydrogens is 182 g/mol. The minimum Gasteiger partial charge on any atom is -0.352 e. The number of amides is 3. The molecule has 1 rings (SSSR count). The van der Waals surface area contributed by atoms with Crippen LogP contribution in [0.2, 0.25) is 0 Å². The predicted octanol–water partition coefficient (Wildman–Crippen LogP) is -0.343. The van der Waals surface area contributed by atoms with Crippen molar-refractivity contribution >= 4 is 11.9 Å². The van der Waals surface area contributed by atoms with E-state index in [2.05, 4.69) is 10.6 Å². The average molecular weight is 195 g/mol. The van der Waals surface area contributed by atoms with E-state index < -0.39 is 6.03 Å². The Balaban J connectivity index is 2.13. The maximum absolute atomic E-state index is 11.3. The van der Waals surface area contributed by atoms with Gasteiger partial charge in [0.2, 0.25) is 5.91 Å². The Morgan fingerprint density at radius 1 is 1.36 bits per heavy atom. The molecule has 1 aliphatic rings. The standard InChI is InChI=1S/C9H13N3O2/c10-9(14)12-6-5-11-8(13)7-3-1-2-4-7/h1-3H,4-6H2,(H,11,13)(H3,10,12,14). The van der Waals surface area contributed by atoms with Crippen molar-refractivity contribution in [1.82, 2.24) is 10.6 Å². The molecule has 0 aliphatic heterocycles. The van der Waals surface area contributed by atoms with Crippen molar-refractivity contribution in [2.75, 3.05) is 13.1 Å². The Labute approximate surface area is 82.0 Å². The number of carbonyl (C=O) groups is 2. The van der Waals surface area contributed by atoms with E-state index in [0.717, 1.165) is 5.57 Å². The third kappa shape index (κ3) is 3.30. The van der Waals surface area contributed by atoms with Gasteiger partial charge in [-0.05, 0) is 6.42 Å². The number of rotatable bonds is 4. The maximum Gasteiger partial charge on any atom is 0.312 e. The fraction of sp³-hybridized carbons (Fsp3) is 0.333. The highest BCUT2D eigenvalue weighted by molar-refractivity contribution is 5.94. The van der Waals surface area contributed by atoms with Crippen LogP contribution in [-0.2, 0) is 4.79 Å². The van der Waals surface area contributed by atoms with Gasteiger partial charge in [0.25, 0.3) is 0 Å². The van der Waals surface area contributed by atoms with E-state index in [1.165, 1.54) is 0 Å². The van der Waals surface area contributed by atoms with Crippen molar-refractivity contribution in [3.63, 3.8) is 0 Å². The number of nitrogens with one attached hydrogen (secondary N) is 2. The van der Waals surface area contributed by atoms with Gasteiger partial charge in [-0.15, -0.1) is 0 Å². The van der Waals surface area contributed by atoms with Crippen molar-refractivity contribution in [2.45, 2.75) is 6.42 Å². The molecule has 76 valence electrons. The van der Waals surface area contributed by atoms with Crippen LogP contribution in [0.1, 0.15) is 6.42 Å². The summed E-state index contributed by atoms with van der Waals surface area (Å²) >= 11 is 0. The van der Waals surface area contributed by atoms with Crippen molar-refractivity contribution < 1.29 is 9.59 Å². The van der Waals surface area contributed by atoms with E-state index in [1.54, 1.807) is 6.08 Å². The average Bonchev–Trinajstić information content (AvgIpc) is 2.64. The lowest BCUT2D eigenvalue weighted by Crippen LogP contribution is -2.37. The van der Waals surface area contributed by atoms with Crippen molar-refractivity contribution in [1.29, 1.82) is 0 Å². The number of urea groups is 1. The highest BCUT2D eigenvalue weighted by Crippen LogP contribution is 2.09. The molecule has 0 aromatic heterocycles. The van der Waals surface area contributed by atoms with E-state index in [0.29, 0.717) is 19.5 Å². The molecular formula is C9H13N3O2. The number of allylic oxidation sites excluding steroid dienone is 3. The summed E-state index contributed by atoms with van der Waals surface area (Å²) in [6.07, 6.45) is 6.21. The molecule has 0 unspecified atom stereocenters. The van der Waals surface area contributed by atoms with Crippen LogP contribution < -0.4 is 16.4 Å². The zero-order valence-corrected chi connectivity index (χ0v) is 7.75. The minimum atomic E-state index is -0.582. The topological polar surface area (TPSA) is 84.2 Å². The van der Waals surface area contributed by atoms with Gasteiger partial charge >= 0.3 is 6.03 Å². The third-order valence-corrected chi connectivity index (χ3v) is 1.77. The molecule has 4 N–H and O–H groups in total. The third-order valence-electron chi connectivity index (χ3n) is 1.77. The Kier molecular flexibility index (Phi) is 3.72. The predicted molar refractivity (Wildman–Crippen MR) is 52.4 cm³/mol. The zero-order valence-electron chi connectivity index (χ0n) is 7.75. The normalized spacial score (nSPS) is 13.6. The lowest BCUT2D eigenvalue weighted by molar-refractivity contribution is -0.117. The first-order chi connectivity index (χ1) is 6.70. The molecule has 0 fully saturated rings. The highest BCUT2D eigenvalue weighted by Gasteiger charge is 2.08. The molecule has 0 radical (unpaired) electrons. The summed E-state index contributed by atoms with van der Waals surface area (Å²) in [7, 11) is 0. The Morgan fingerprint density at radius 3 is 2.64 bits per heavy atom. The first-order valence-electron chi connectivity index (χ1n) is 4.37. The second-order valence-electron chi connectivity index (χ2n) is 2.87. The maximum atomic E-state index is 11.3. The van der Waals surface area contributed by atoms with Crippen LogP contribution >= 0.6 is 0 Å². The molecule has 0 atom stereocenters. The van der Waals surface area contributed by atoms with Gasteiger partial charge in [0.05, 0.1) is 0 Å². The molecule has 3 amide bonds. The van der Waals surface area contributed by atoms with E-state index in [1.807, 2.05) is 12.2 Å². The van der Waals surface area contributed by atoms with Crippen molar-refractivity contribution in [3.8, 4) is 0 Å². The van der Waals surface area contributed by atoms with Gasteiger partial charge < -0.3 is 16.4 Å². The second kappa shape index (κ2) is 5.06. The summed E-state index contributed by atoms with van der Waals surface area (Å²) in [5.74, 6) is -0.0960. The van der Waals surface area contributed by atoms with E-state index >= 15 is 0 Å². The summed E-state index contributed by atoms with van der Waals surface area (Å²) in [4.78, 5) is 21.6. The number of hydrogen-bond acceptors (Lipinski definition) is 2. The Bertz CT molecular complexity index is 294. The summed E-state index contributed by atoms with van der Waals surface area (Å²) < 4.78 is 0. The van der Waals surface area contributed by atoms with Crippen molar-refractivity contribution in [3.05, 3.63) is 23.8 Å². The number of hydrogen-bond donors (Lipinski definition) is 3. The van der Waals surface area contributed by atoms with Gasteiger partial charge in [0, 0.05) is 18.7 Å². The first-order valence-corrected chi connectivity index (χ1v) is 4.37. The van der Waals surface area contributed by atoms with Crippen LogP contribution in [0, 0.1) is 0 Å². The molecule has 0 saturated carbocycles. The lowest BCUT2D eigenvalue weighted by atomic mass is 10.2. The first kappa shape index (κ1) is 10.3. The van der Waals surface area contributed by atoms with E-state index in [4.69, 9.17) is 5.73 Å². The molecule has 0 saturated heterocycles. The molecule has 1 aliphatic carbocycles. The van der Waals surface area contributed by atoms with Gasteiger partial charge in [-0.3, -0.25) is 4.79 Å². The monoisotopic (exact) mass is 195 g/mol. The van der Waals surface area contributed by atoms with Crippen LogP contribution in [0.3, 0.4) is 0 Å². The molecule has 0 aromatic rings. The number of nitrogens with two attached hydrogens (primary N) is 1. The van der Waals surface area contributed by atoms with Crippen LogP contribution in [0.4, 0.5) is 4.79 Å². The summed E-state index contributed by atoms with van der Waals surface area (Å²) in [6, 6.07) is -0.582. The van der Waals surface area contributed by atoms with Gasteiger partial charge in [-0.1, -0.05) is 18.2 Å². The number of primary amides is 1. The minimum absolute atomic E-state index is 0.0960. The quantitative estimate of drug-likeness (QED) is 0.536. The fourth-order valence-electron chi connectivity index (χ4n) is 1.09. The Morgan fingerprint density at radius 2 is 2.07 bits per heavy atom. The van der Waals surface area contributed by atoms with Crippen LogP contribution in [-0.4, -0.2) is 25.0 Å². The summed E-state index contributed by atoms with van der Waals surface area (Å²) in [6.45, 7) is 0.737. The van der Waals surface area contributed by atoms with Crippen LogP contribution in [0.5, 0.6) is 0 Å². The molecule has 5 heteroatoms. The van der Waals surface area contributed by atoms with Gasteiger partial charge in [-0.25, -0.2) is 4.79 Å². The highest BCUT2D eigenvalue weighted by atomic mass is 16.2. The Hall–Kier alpha value is -1.78. The molecule has 0 bridgehead atoms. The van der Waals surface area contributed by atoms with Crippen LogP contribution in [0.25, 0.3) is 0 Å². The van der Waals surface area contributed by atoms with E-state index in [9.17, 15) is 9.59 Å². The van der Waals surface area contributed by atoms with Crippen LogP contribution in [0.15, 0.2) is 23.8 Å². The summed E-state index contributed by atoms with van der Waals surface area (Å²) in [5.41, 5.74) is 5.59. The molecule has 0 heterocycles.